The molecule has 0 aliphatic rings. The number of carbonyl (C=O) groups excluding carboxylic acids is 1. The molecule has 0 aromatic carbocycles. The van der Waals surface area contributed by atoms with Crippen LogP contribution in [0.5, 0.6) is 0 Å². The van der Waals surface area contributed by atoms with Gasteiger partial charge >= 0.3 is 5.97 Å². The summed E-state index contributed by atoms with van der Waals surface area (Å²) in [5.74, 6) is -0.301. The predicted octanol–water partition coefficient (Wildman–Crippen LogP) is 3.83. The van der Waals surface area contributed by atoms with Crippen LogP contribution in [0.4, 0.5) is 0 Å². The van der Waals surface area contributed by atoms with E-state index in [2.05, 4.69) is 13.5 Å². The van der Waals surface area contributed by atoms with Gasteiger partial charge in [-0.05, 0) is 19.4 Å². The van der Waals surface area contributed by atoms with Crippen LogP contribution < -0.4 is 0 Å². The minimum Gasteiger partial charge on any atom is -0.487 e. The lowest BCUT2D eigenvalue weighted by Crippen LogP contribution is -2.10. The van der Waals surface area contributed by atoms with E-state index in [-0.39, 0.29) is 5.76 Å². The molecule has 0 aliphatic carbocycles. The quantitative estimate of drug-likeness (QED) is 0.239. The van der Waals surface area contributed by atoms with E-state index in [1.807, 2.05) is 6.92 Å². The lowest BCUT2D eigenvalue weighted by Gasteiger charge is -2.08. The van der Waals surface area contributed by atoms with Crippen LogP contribution in [0.2, 0.25) is 0 Å². The van der Waals surface area contributed by atoms with Crippen molar-refractivity contribution in [2.75, 3.05) is 13.2 Å². The van der Waals surface area contributed by atoms with Gasteiger partial charge in [-0.1, -0.05) is 46.0 Å². The number of ether oxygens (including phenoxy) is 2. The van der Waals surface area contributed by atoms with E-state index in [1.54, 1.807) is 0 Å². The van der Waals surface area contributed by atoms with Crippen LogP contribution in [0, 0.1) is 0 Å². The third-order valence-electron chi connectivity index (χ3n) is 2.44. The molecule has 0 atom stereocenters. The van der Waals surface area contributed by atoms with Gasteiger partial charge in [0.05, 0.1) is 13.2 Å². The standard InChI is InChI=1S/C14H26O3/c1-4-6-7-8-9-10-12-16-13(3)14(15)17-11-5-2/h3-12H2,1-2H3. The van der Waals surface area contributed by atoms with Crippen molar-refractivity contribution in [1.29, 1.82) is 0 Å². The summed E-state index contributed by atoms with van der Waals surface area (Å²) in [5.41, 5.74) is 0. The Morgan fingerprint density at radius 3 is 2.18 bits per heavy atom. The average Bonchev–Trinajstić information content (AvgIpc) is 2.34. The van der Waals surface area contributed by atoms with Crippen molar-refractivity contribution in [3.63, 3.8) is 0 Å². The zero-order valence-electron chi connectivity index (χ0n) is 11.3. The molecule has 0 unspecified atom stereocenters. The molecule has 100 valence electrons. The molecule has 0 rings (SSSR count). The van der Waals surface area contributed by atoms with E-state index in [0.717, 1.165) is 19.3 Å². The van der Waals surface area contributed by atoms with Gasteiger partial charge in [-0.3, -0.25) is 0 Å². The highest BCUT2D eigenvalue weighted by Crippen LogP contribution is 2.06. The SMILES string of the molecule is C=C(OCCCCCCCC)C(=O)OCCC. The first-order valence-corrected chi connectivity index (χ1v) is 6.71. The Bertz CT molecular complexity index is 212. The number of hydrogen-bond acceptors (Lipinski definition) is 3. The van der Waals surface area contributed by atoms with E-state index < -0.39 is 5.97 Å². The first-order valence-electron chi connectivity index (χ1n) is 6.71. The summed E-state index contributed by atoms with van der Waals surface area (Å²) in [4.78, 5) is 11.3. The lowest BCUT2D eigenvalue weighted by molar-refractivity contribution is -0.143. The second kappa shape index (κ2) is 11.5. The second-order valence-corrected chi connectivity index (χ2v) is 4.18. The topological polar surface area (TPSA) is 35.5 Å². The minimum atomic E-state index is -0.433. The van der Waals surface area contributed by atoms with Crippen molar-refractivity contribution >= 4 is 5.97 Å². The highest BCUT2D eigenvalue weighted by atomic mass is 16.6. The van der Waals surface area contributed by atoms with Crippen molar-refractivity contribution in [2.45, 2.75) is 58.8 Å². The van der Waals surface area contributed by atoms with E-state index in [1.165, 1.54) is 25.7 Å². The van der Waals surface area contributed by atoms with Crippen molar-refractivity contribution in [2.24, 2.45) is 0 Å². The molecule has 3 nitrogen and oxygen atoms in total. The Kier molecular flexibility index (Phi) is 10.8. The molecule has 3 heteroatoms. The molecule has 17 heavy (non-hydrogen) atoms. The first-order chi connectivity index (χ1) is 8.22. The summed E-state index contributed by atoms with van der Waals surface area (Å²) in [5, 5.41) is 0. The summed E-state index contributed by atoms with van der Waals surface area (Å²) >= 11 is 0. The van der Waals surface area contributed by atoms with Crippen LogP contribution in [0.1, 0.15) is 58.8 Å². The molecular formula is C14H26O3. The van der Waals surface area contributed by atoms with Gasteiger partial charge in [-0.15, -0.1) is 0 Å². The van der Waals surface area contributed by atoms with Gasteiger partial charge in [0.25, 0.3) is 0 Å². The average molecular weight is 242 g/mol. The van der Waals surface area contributed by atoms with E-state index in [0.29, 0.717) is 13.2 Å². The normalized spacial score (nSPS) is 10.0. The maximum absolute atomic E-state index is 11.3. The third-order valence-corrected chi connectivity index (χ3v) is 2.44. The fourth-order valence-electron chi connectivity index (χ4n) is 1.41. The zero-order chi connectivity index (χ0) is 12.9. The van der Waals surface area contributed by atoms with Gasteiger partial charge in [0.15, 0.2) is 5.76 Å². The molecule has 0 spiro atoms. The second-order valence-electron chi connectivity index (χ2n) is 4.18. The summed E-state index contributed by atoms with van der Waals surface area (Å²) in [6, 6.07) is 0. The van der Waals surface area contributed by atoms with Crippen molar-refractivity contribution in [1.82, 2.24) is 0 Å². The maximum Gasteiger partial charge on any atom is 0.372 e. The molecule has 0 heterocycles. The molecule has 0 radical (unpaired) electrons. The number of carbonyl (C=O) groups is 1. The first kappa shape index (κ1) is 16.0. The predicted molar refractivity (Wildman–Crippen MR) is 69.7 cm³/mol. The van der Waals surface area contributed by atoms with Gasteiger partial charge in [-0.25, -0.2) is 4.79 Å². The van der Waals surface area contributed by atoms with Crippen LogP contribution in [-0.2, 0) is 14.3 Å². The van der Waals surface area contributed by atoms with Gasteiger partial charge in [0.2, 0.25) is 0 Å². The van der Waals surface area contributed by atoms with Gasteiger partial charge < -0.3 is 9.47 Å². The molecule has 0 saturated heterocycles. The number of unbranched alkanes of at least 4 members (excludes halogenated alkanes) is 5. The molecule has 0 amide bonds. The van der Waals surface area contributed by atoms with Crippen LogP contribution in [0.15, 0.2) is 12.3 Å². The summed E-state index contributed by atoms with van der Waals surface area (Å²) in [6.45, 7) is 8.70. The highest BCUT2D eigenvalue weighted by molar-refractivity contribution is 5.85. The number of rotatable bonds is 11. The molecule has 0 bridgehead atoms. The Morgan fingerprint density at radius 2 is 1.53 bits per heavy atom. The highest BCUT2D eigenvalue weighted by Gasteiger charge is 2.08. The van der Waals surface area contributed by atoms with Crippen molar-refractivity contribution in [3.8, 4) is 0 Å². The van der Waals surface area contributed by atoms with E-state index in [4.69, 9.17) is 9.47 Å². The summed E-state index contributed by atoms with van der Waals surface area (Å²) < 4.78 is 10.1. The lowest BCUT2D eigenvalue weighted by atomic mass is 10.1. The largest absolute Gasteiger partial charge is 0.487 e. The smallest absolute Gasteiger partial charge is 0.372 e. The van der Waals surface area contributed by atoms with Gasteiger partial charge in [0.1, 0.15) is 0 Å². The summed E-state index contributed by atoms with van der Waals surface area (Å²) in [7, 11) is 0. The Morgan fingerprint density at radius 1 is 0.882 bits per heavy atom. The van der Waals surface area contributed by atoms with Crippen LogP contribution in [-0.4, -0.2) is 19.2 Å². The zero-order valence-corrected chi connectivity index (χ0v) is 11.3. The fraction of sp³-hybridized carbons (Fsp3) is 0.786. The Hall–Kier alpha value is -0.990. The minimum absolute atomic E-state index is 0.131. The van der Waals surface area contributed by atoms with E-state index >= 15 is 0 Å². The fourth-order valence-corrected chi connectivity index (χ4v) is 1.41. The van der Waals surface area contributed by atoms with Crippen LogP contribution in [0.3, 0.4) is 0 Å². The van der Waals surface area contributed by atoms with Crippen LogP contribution >= 0.6 is 0 Å². The Balaban J connectivity index is 3.35. The third kappa shape index (κ3) is 9.91. The monoisotopic (exact) mass is 242 g/mol. The molecule has 0 aromatic rings. The molecule has 0 N–H and O–H groups in total. The molecule has 0 aromatic heterocycles. The molecule has 0 fully saturated rings. The van der Waals surface area contributed by atoms with Gasteiger partial charge in [-0.2, -0.15) is 0 Å². The molecule has 0 saturated carbocycles. The maximum atomic E-state index is 11.3. The van der Waals surface area contributed by atoms with E-state index in [9.17, 15) is 4.79 Å². The van der Waals surface area contributed by atoms with Crippen molar-refractivity contribution < 1.29 is 14.3 Å². The molecular weight excluding hydrogens is 216 g/mol. The van der Waals surface area contributed by atoms with Gasteiger partial charge in [0, 0.05) is 0 Å². The molecule has 0 aliphatic heterocycles. The Labute approximate surface area is 105 Å². The number of hydrogen-bond donors (Lipinski definition) is 0. The number of esters is 1. The van der Waals surface area contributed by atoms with Crippen LogP contribution in [0.25, 0.3) is 0 Å². The summed E-state index contributed by atoms with van der Waals surface area (Å²) in [6.07, 6.45) is 8.03. The van der Waals surface area contributed by atoms with Crippen molar-refractivity contribution in [3.05, 3.63) is 12.3 Å².